The van der Waals surface area contributed by atoms with Crippen LogP contribution in [0.3, 0.4) is 0 Å². The first kappa shape index (κ1) is 26.3. The van der Waals surface area contributed by atoms with Crippen LogP contribution < -0.4 is 5.32 Å². The number of carbonyl (C=O) groups excluding carboxylic acids is 2. The van der Waals surface area contributed by atoms with E-state index in [0.717, 1.165) is 14.6 Å². The Bertz CT molecular complexity index is 1320. The molecule has 0 radical (unpaired) electrons. The summed E-state index contributed by atoms with van der Waals surface area (Å²) >= 11 is 9.95. The van der Waals surface area contributed by atoms with Crippen molar-refractivity contribution >= 4 is 64.2 Å². The summed E-state index contributed by atoms with van der Waals surface area (Å²) in [7, 11) is 0. The van der Waals surface area contributed by atoms with Crippen molar-refractivity contribution in [3.8, 4) is 0 Å². The third-order valence-electron chi connectivity index (χ3n) is 5.90. The van der Waals surface area contributed by atoms with Gasteiger partial charge in [0.15, 0.2) is 10.0 Å². The van der Waals surface area contributed by atoms with Crippen molar-refractivity contribution in [2.45, 2.75) is 54.2 Å². The van der Waals surface area contributed by atoms with E-state index in [1.807, 2.05) is 0 Å². The van der Waals surface area contributed by atoms with Crippen LogP contribution in [0.2, 0.25) is 5.02 Å². The summed E-state index contributed by atoms with van der Waals surface area (Å²) < 4.78 is 41.5. The molecule has 17 heteroatoms. The number of aryl methyl sites for hydroxylation is 1. The van der Waals surface area contributed by atoms with E-state index in [9.17, 15) is 32.7 Å². The lowest BCUT2D eigenvalue weighted by molar-refractivity contribution is -0.150. The molecule has 2 amide bonds. The number of carbonyl (C=O) groups is 3. The molecule has 2 atom stereocenters. The van der Waals surface area contributed by atoms with Crippen molar-refractivity contribution in [2.75, 3.05) is 11.5 Å². The number of β-lactam (4-membered cyclic amide) rings is 1. The molecule has 5 rings (SSSR count). The number of rotatable bonds is 8. The molecule has 0 spiro atoms. The lowest BCUT2D eigenvalue weighted by atomic mass is 10.0. The normalized spacial score (nSPS) is 21.6. The topological polar surface area (TPSA) is 130 Å². The van der Waals surface area contributed by atoms with E-state index in [0.29, 0.717) is 34.3 Å². The minimum Gasteiger partial charge on any atom is -0.477 e. The highest BCUT2D eigenvalue weighted by atomic mass is 35.5. The van der Waals surface area contributed by atoms with Crippen molar-refractivity contribution in [3.05, 3.63) is 32.7 Å². The molecule has 1 aliphatic carbocycles. The van der Waals surface area contributed by atoms with Crippen LogP contribution in [0.25, 0.3) is 0 Å². The maximum atomic E-state index is 13.3. The third kappa shape index (κ3) is 5.07. The number of nitrogens with zero attached hydrogens (tertiary/aromatic N) is 5. The number of amides is 2. The van der Waals surface area contributed by atoms with Gasteiger partial charge in [-0.3, -0.25) is 19.2 Å². The van der Waals surface area contributed by atoms with Gasteiger partial charge in [-0.05, 0) is 25.3 Å². The highest BCUT2D eigenvalue weighted by molar-refractivity contribution is 8.01. The smallest absolute Gasteiger partial charge is 0.436 e. The van der Waals surface area contributed by atoms with Crippen molar-refractivity contribution in [3.63, 3.8) is 0 Å². The van der Waals surface area contributed by atoms with Crippen molar-refractivity contribution in [1.29, 1.82) is 0 Å². The lowest BCUT2D eigenvalue weighted by Gasteiger charge is -2.49. The Morgan fingerprint density at radius 2 is 2.03 bits per heavy atom. The number of carboxylic acids is 1. The average molecular weight is 595 g/mol. The Morgan fingerprint density at radius 3 is 2.62 bits per heavy atom. The number of fused-ring (bicyclic) bond motifs is 1. The lowest BCUT2D eigenvalue weighted by Crippen LogP contribution is -2.70. The zero-order valence-corrected chi connectivity index (χ0v) is 22.1. The Morgan fingerprint density at radius 1 is 1.30 bits per heavy atom. The summed E-state index contributed by atoms with van der Waals surface area (Å²) in [6.45, 7) is 1.26. The molecule has 3 aliphatic rings. The first-order chi connectivity index (χ1) is 17.5. The summed E-state index contributed by atoms with van der Waals surface area (Å²) in [5, 5.41) is 23.4. The Labute approximate surface area is 225 Å². The molecule has 198 valence electrons. The predicted octanol–water partition coefficient (Wildman–Crippen LogP) is 3.12. The van der Waals surface area contributed by atoms with E-state index in [4.69, 9.17) is 11.6 Å². The minimum atomic E-state index is -4.77. The van der Waals surface area contributed by atoms with Crippen LogP contribution >= 0.6 is 46.5 Å². The van der Waals surface area contributed by atoms with Gasteiger partial charge in [0.2, 0.25) is 5.91 Å². The Hall–Kier alpha value is -2.30. The number of hydrogen-bond acceptors (Lipinski definition) is 9. The monoisotopic (exact) mass is 594 g/mol. The maximum Gasteiger partial charge on any atom is 0.436 e. The third-order valence-corrected chi connectivity index (χ3v) is 9.67. The van der Waals surface area contributed by atoms with Gasteiger partial charge in [-0.2, -0.15) is 18.3 Å². The molecule has 1 saturated heterocycles. The largest absolute Gasteiger partial charge is 0.477 e. The van der Waals surface area contributed by atoms with Crippen LogP contribution in [0.5, 0.6) is 0 Å². The summed E-state index contributed by atoms with van der Waals surface area (Å²) in [6.07, 6.45) is -3.48. The molecule has 4 heterocycles. The second-order valence-corrected chi connectivity index (χ2v) is 12.5. The fourth-order valence-corrected chi connectivity index (χ4v) is 7.83. The van der Waals surface area contributed by atoms with E-state index in [2.05, 4.69) is 20.6 Å². The van der Waals surface area contributed by atoms with Crippen molar-refractivity contribution in [1.82, 2.24) is 30.2 Å². The summed E-state index contributed by atoms with van der Waals surface area (Å²) in [5.41, 5.74) is -0.674. The van der Waals surface area contributed by atoms with Crippen LogP contribution in [0, 0.1) is 6.92 Å². The fraction of sp³-hybridized carbons (Fsp3) is 0.500. The van der Waals surface area contributed by atoms with Gasteiger partial charge in [-0.25, -0.2) is 4.79 Å². The summed E-state index contributed by atoms with van der Waals surface area (Å²) in [5.74, 6) is -2.16. The van der Waals surface area contributed by atoms with E-state index < -0.39 is 52.6 Å². The number of thioether (sulfide) groups is 2. The highest BCUT2D eigenvalue weighted by Crippen LogP contribution is 2.47. The van der Waals surface area contributed by atoms with Crippen molar-refractivity contribution in [2.24, 2.45) is 0 Å². The molecule has 2 aromatic heterocycles. The highest BCUT2D eigenvalue weighted by Gasteiger charge is 2.54. The molecule has 2 fully saturated rings. The number of aliphatic carboxylic acids is 1. The molecule has 1 saturated carbocycles. The second-order valence-electron chi connectivity index (χ2n) is 8.57. The molecule has 37 heavy (non-hydrogen) atoms. The maximum absolute atomic E-state index is 13.3. The standard InChI is InChI=1S/C20H18ClF3N6O4S3/c1-7-26-27-19(37-7)36-6-9-5-35-17-12(16(32)30(17)14(9)18(33)34)25-10(31)4-29-13(8-2-3-8)11(21)15(28-29)20(22,23)24/h8,12,17H,2-6H2,1H3,(H,25,31)(H,33,34)/t12-,17+/m0/s1. The summed E-state index contributed by atoms with van der Waals surface area (Å²) in [6, 6.07) is -1.01. The number of carboxylic acid groups (broad SMARTS) is 1. The van der Waals surface area contributed by atoms with Crippen LogP contribution in [-0.4, -0.2) is 70.7 Å². The Kier molecular flexibility index (Phi) is 6.96. The van der Waals surface area contributed by atoms with Gasteiger partial charge in [-0.1, -0.05) is 34.7 Å². The van der Waals surface area contributed by atoms with Crippen molar-refractivity contribution < 1.29 is 32.7 Å². The molecule has 2 aromatic rings. The molecular weight excluding hydrogens is 577 g/mol. The van der Waals surface area contributed by atoms with E-state index >= 15 is 0 Å². The van der Waals surface area contributed by atoms with Gasteiger partial charge in [0.05, 0.1) is 10.7 Å². The number of hydrogen-bond donors (Lipinski definition) is 2. The van der Waals surface area contributed by atoms with E-state index in [1.54, 1.807) is 6.92 Å². The van der Waals surface area contributed by atoms with Gasteiger partial charge >= 0.3 is 12.1 Å². The molecule has 0 aromatic carbocycles. The van der Waals surface area contributed by atoms with Gasteiger partial charge in [0.1, 0.15) is 28.7 Å². The number of halogens is 4. The SMILES string of the molecule is Cc1nnc(SCC2=C(C(=O)O)N3C(=O)[C@H](NC(=O)Cn4nc(C(F)(F)F)c(Cl)c4C4CC4)[C@H]3SC2)s1. The fourth-order valence-electron chi connectivity index (χ4n) is 4.14. The molecule has 2 N–H and O–H groups in total. The molecule has 2 aliphatic heterocycles. The van der Waals surface area contributed by atoms with Gasteiger partial charge < -0.3 is 10.4 Å². The van der Waals surface area contributed by atoms with E-state index in [1.165, 1.54) is 34.9 Å². The van der Waals surface area contributed by atoms with Gasteiger partial charge in [-0.15, -0.1) is 22.0 Å². The molecule has 10 nitrogen and oxygen atoms in total. The van der Waals surface area contributed by atoms with E-state index in [-0.39, 0.29) is 17.3 Å². The zero-order valence-electron chi connectivity index (χ0n) is 18.9. The predicted molar refractivity (Wildman–Crippen MR) is 129 cm³/mol. The average Bonchev–Trinajstić information content (AvgIpc) is 3.48. The number of aromatic nitrogens is 4. The quantitative estimate of drug-likeness (QED) is 0.350. The van der Waals surface area contributed by atoms with Gasteiger partial charge in [0.25, 0.3) is 5.91 Å². The van der Waals surface area contributed by atoms with Crippen LogP contribution in [0.15, 0.2) is 15.6 Å². The second kappa shape index (κ2) is 9.78. The Balaban J connectivity index is 1.28. The molecule has 0 bridgehead atoms. The molecular formula is C20H18ClF3N6O4S3. The first-order valence-corrected chi connectivity index (χ1v) is 14.1. The van der Waals surface area contributed by atoms with Crippen LogP contribution in [-0.2, 0) is 27.1 Å². The van der Waals surface area contributed by atoms with Gasteiger partial charge in [0, 0.05) is 17.4 Å². The van der Waals surface area contributed by atoms with Crippen LogP contribution in [0.1, 0.15) is 35.2 Å². The first-order valence-electron chi connectivity index (χ1n) is 10.9. The number of nitrogens with one attached hydrogen (secondary N) is 1. The molecule has 0 unspecified atom stereocenters. The van der Waals surface area contributed by atoms with Crippen LogP contribution in [0.4, 0.5) is 13.2 Å². The summed E-state index contributed by atoms with van der Waals surface area (Å²) in [4.78, 5) is 38.8. The zero-order chi connectivity index (χ0) is 26.6. The minimum absolute atomic E-state index is 0.127. The number of alkyl halides is 3.